The highest BCUT2D eigenvalue weighted by molar-refractivity contribution is 8.00. The van der Waals surface area contributed by atoms with E-state index in [2.05, 4.69) is 20.6 Å². The van der Waals surface area contributed by atoms with Crippen molar-refractivity contribution in [1.82, 2.24) is 30.8 Å². The number of H-pyrrole nitrogens is 1. The second-order valence-corrected chi connectivity index (χ2v) is 11.7. The molecule has 39 heavy (non-hydrogen) atoms. The molecule has 3 heterocycles. The van der Waals surface area contributed by atoms with Gasteiger partial charge in [-0.15, -0.1) is 10.2 Å². The number of halogens is 3. The van der Waals surface area contributed by atoms with Crippen molar-refractivity contribution < 1.29 is 50.6 Å². The predicted octanol–water partition coefficient (Wildman–Crippen LogP) is 0.0198. The van der Waals surface area contributed by atoms with Gasteiger partial charge >= 0.3 is 24.0 Å². The molecule has 3 atom stereocenters. The molecule has 208 valence electrons. The number of alkyl halides is 3. The fourth-order valence-corrected chi connectivity index (χ4v) is 6.94. The van der Waals surface area contributed by atoms with Gasteiger partial charge in [0.1, 0.15) is 18.3 Å². The molecule has 2 aliphatic rings. The van der Waals surface area contributed by atoms with Crippen LogP contribution < -0.4 is 5.32 Å². The average molecular weight is 591 g/mol. The number of thioether (sulfide) groups is 1. The van der Waals surface area contributed by atoms with Crippen LogP contribution in [0.4, 0.5) is 13.2 Å². The molecule has 19 heteroatoms. The molecule has 0 radical (unpaired) electrons. The number of carboxylic acid groups (broad SMARTS) is 1. The lowest BCUT2D eigenvalue weighted by Crippen LogP contribution is -2.75. The van der Waals surface area contributed by atoms with Crippen molar-refractivity contribution in [2.45, 2.75) is 41.5 Å². The minimum Gasteiger partial charge on any atom is -0.478 e. The van der Waals surface area contributed by atoms with Crippen LogP contribution in [0.3, 0.4) is 0 Å². The second-order valence-electron chi connectivity index (χ2n) is 8.26. The first kappa shape index (κ1) is 28.0. The molecule has 2 aromatic rings. The van der Waals surface area contributed by atoms with Gasteiger partial charge in [-0.1, -0.05) is 23.9 Å². The van der Waals surface area contributed by atoms with Gasteiger partial charge in [-0.05, 0) is 35.4 Å². The summed E-state index contributed by atoms with van der Waals surface area (Å²) in [7, 11) is -4.39. The summed E-state index contributed by atoms with van der Waals surface area (Å²) in [6, 6.07) is 3.18. The first-order valence-corrected chi connectivity index (χ1v) is 13.3. The molecule has 0 aliphatic carbocycles. The van der Waals surface area contributed by atoms with Gasteiger partial charge < -0.3 is 15.2 Å². The maximum absolute atomic E-state index is 13.2. The molecule has 0 spiro atoms. The van der Waals surface area contributed by atoms with Gasteiger partial charge in [-0.3, -0.25) is 14.5 Å². The predicted molar refractivity (Wildman–Crippen MR) is 122 cm³/mol. The number of benzene rings is 1. The lowest BCUT2D eigenvalue weighted by molar-refractivity contribution is -0.177. The van der Waals surface area contributed by atoms with Crippen molar-refractivity contribution in [2.24, 2.45) is 0 Å². The molecule has 1 aromatic heterocycles. The number of aromatic nitrogens is 4. The highest BCUT2D eigenvalue weighted by Crippen LogP contribution is 2.41. The second kappa shape index (κ2) is 10.3. The molecule has 3 N–H and O–H groups in total. The minimum atomic E-state index is -5.38. The zero-order valence-corrected chi connectivity index (χ0v) is 21.1. The number of nitrogens with one attached hydrogen (secondary N) is 2. The van der Waals surface area contributed by atoms with Crippen LogP contribution in [0.25, 0.3) is 0 Å². The van der Waals surface area contributed by atoms with E-state index in [1.165, 1.54) is 36.5 Å². The maximum atomic E-state index is 13.2. The summed E-state index contributed by atoms with van der Waals surface area (Å²) in [5, 5.41) is 20.7. The van der Waals surface area contributed by atoms with E-state index in [-0.39, 0.29) is 16.3 Å². The summed E-state index contributed by atoms with van der Waals surface area (Å²) in [4.78, 5) is 49.0. The number of aromatic amines is 1. The van der Waals surface area contributed by atoms with Gasteiger partial charge in [0, 0.05) is 5.25 Å². The Morgan fingerprint density at radius 1 is 1.28 bits per heavy atom. The zero-order valence-electron chi connectivity index (χ0n) is 19.5. The maximum Gasteiger partial charge on any atom is 0.471 e. The summed E-state index contributed by atoms with van der Waals surface area (Å²) < 4.78 is 69.7. The molecule has 1 aromatic carbocycles. The van der Waals surface area contributed by atoms with E-state index in [9.17, 15) is 40.8 Å². The van der Waals surface area contributed by atoms with Crippen LogP contribution in [0, 0.1) is 0 Å². The van der Waals surface area contributed by atoms with Crippen LogP contribution in [0.2, 0.25) is 0 Å². The third-order valence-electron chi connectivity index (χ3n) is 5.72. The van der Waals surface area contributed by atoms with Crippen molar-refractivity contribution in [1.29, 1.82) is 0 Å². The Hall–Kier alpha value is -4.00. The Bertz CT molecular complexity index is 1460. The SMILES string of the molecule is CC(Sc1nn[nH]n1)C1=C(C(=O)OCc2ccc(C(=O)O)cc2)N2C(=O)C(NC(=O)C(F)(F)F)C2S(=O)(=O)C1. The molecular formula is C20H17F3N6O8S2. The summed E-state index contributed by atoms with van der Waals surface area (Å²) in [5.74, 6) is -6.96. The van der Waals surface area contributed by atoms with E-state index in [4.69, 9.17) is 9.84 Å². The summed E-state index contributed by atoms with van der Waals surface area (Å²) in [6.07, 6.45) is -5.38. The summed E-state index contributed by atoms with van der Waals surface area (Å²) in [5.41, 5.74) is -0.292. The summed E-state index contributed by atoms with van der Waals surface area (Å²) in [6.45, 7) is 1.08. The standard InChI is InChI=1S/C20H17F3N6O8S2/c1-8(38-19-25-27-28-26-19)11-7-39(35,36)15-12(24-18(34)20(21,22)23)14(30)29(15)13(11)17(33)37-6-9-2-4-10(5-3-9)16(31)32/h2-5,8,12,15H,6-7H2,1H3,(H,24,34)(H,31,32)(H,25,26,27,28). The first-order chi connectivity index (χ1) is 18.2. The largest absolute Gasteiger partial charge is 0.478 e. The topological polar surface area (TPSA) is 202 Å². The monoisotopic (exact) mass is 590 g/mol. The van der Waals surface area contributed by atoms with E-state index in [1.807, 2.05) is 0 Å². The number of amides is 2. The van der Waals surface area contributed by atoms with Gasteiger partial charge in [0.15, 0.2) is 15.2 Å². The van der Waals surface area contributed by atoms with Crippen LogP contribution in [-0.2, 0) is 35.6 Å². The third kappa shape index (κ3) is 5.58. The molecule has 1 fully saturated rings. The molecule has 4 rings (SSSR count). The molecule has 0 saturated carbocycles. The van der Waals surface area contributed by atoms with Gasteiger partial charge in [0.25, 0.3) is 5.91 Å². The van der Waals surface area contributed by atoms with Crippen molar-refractivity contribution >= 4 is 45.4 Å². The highest BCUT2D eigenvalue weighted by Gasteiger charge is 2.62. The lowest BCUT2D eigenvalue weighted by Gasteiger charge is -2.49. The van der Waals surface area contributed by atoms with E-state index >= 15 is 0 Å². The van der Waals surface area contributed by atoms with Crippen LogP contribution in [-0.4, -0.2) is 91.4 Å². The molecule has 2 amide bonds. The molecule has 2 aliphatic heterocycles. The van der Waals surface area contributed by atoms with Gasteiger partial charge in [-0.2, -0.15) is 18.4 Å². The number of esters is 1. The minimum absolute atomic E-state index is 0.0270. The van der Waals surface area contributed by atoms with Crippen molar-refractivity contribution in [3.05, 3.63) is 46.7 Å². The van der Waals surface area contributed by atoms with Crippen LogP contribution >= 0.6 is 11.8 Å². The van der Waals surface area contributed by atoms with Crippen LogP contribution in [0.1, 0.15) is 22.8 Å². The highest BCUT2D eigenvalue weighted by atomic mass is 32.2. The number of aromatic carboxylic acids is 1. The number of tetrazole rings is 1. The Kier molecular flexibility index (Phi) is 7.39. The van der Waals surface area contributed by atoms with Crippen molar-refractivity contribution in [3.63, 3.8) is 0 Å². The van der Waals surface area contributed by atoms with Gasteiger partial charge in [-0.25, -0.2) is 18.0 Å². The van der Waals surface area contributed by atoms with Crippen LogP contribution in [0.5, 0.6) is 0 Å². The van der Waals surface area contributed by atoms with E-state index < -0.39 is 74.5 Å². The average Bonchev–Trinajstić information content (AvgIpc) is 3.37. The molecule has 3 unspecified atom stereocenters. The number of carbonyl (C=O) groups excluding carboxylic acids is 3. The fourth-order valence-electron chi connectivity index (χ4n) is 3.88. The van der Waals surface area contributed by atoms with E-state index in [1.54, 1.807) is 0 Å². The number of hydrogen-bond donors (Lipinski definition) is 3. The lowest BCUT2D eigenvalue weighted by atomic mass is 10.0. The third-order valence-corrected chi connectivity index (χ3v) is 8.67. The number of carboxylic acids is 1. The number of β-lactam (4-membered cyclic amide) rings is 1. The number of nitrogens with zero attached hydrogens (tertiary/aromatic N) is 4. The number of ether oxygens (including phenoxy) is 1. The molecule has 14 nitrogen and oxygen atoms in total. The fraction of sp³-hybridized carbons (Fsp3) is 0.350. The number of rotatable bonds is 8. The normalized spacial score (nSPS) is 21.0. The van der Waals surface area contributed by atoms with Crippen molar-refractivity contribution in [2.75, 3.05) is 5.75 Å². The van der Waals surface area contributed by atoms with E-state index in [0.717, 1.165) is 11.8 Å². The number of carbonyl (C=O) groups is 4. The molecular weight excluding hydrogens is 573 g/mol. The quantitative estimate of drug-likeness (QED) is 0.212. The number of hydrogen-bond acceptors (Lipinski definition) is 11. The summed E-state index contributed by atoms with van der Waals surface area (Å²) >= 11 is 0.883. The number of sulfone groups is 1. The first-order valence-electron chi connectivity index (χ1n) is 10.8. The van der Waals surface area contributed by atoms with Gasteiger partial charge in [0.2, 0.25) is 5.16 Å². The Balaban J connectivity index is 1.66. The molecule has 1 saturated heterocycles. The van der Waals surface area contributed by atoms with Crippen LogP contribution in [0.15, 0.2) is 40.7 Å². The Morgan fingerprint density at radius 3 is 2.51 bits per heavy atom. The Labute approximate surface area is 220 Å². The number of fused-ring (bicyclic) bond motifs is 1. The van der Waals surface area contributed by atoms with Gasteiger partial charge in [0.05, 0.1) is 11.3 Å². The zero-order chi connectivity index (χ0) is 28.7. The molecule has 0 bridgehead atoms. The van der Waals surface area contributed by atoms with E-state index in [0.29, 0.717) is 10.5 Å². The van der Waals surface area contributed by atoms with Crippen molar-refractivity contribution in [3.8, 4) is 0 Å². The Morgan fingerprint density at radius 2 is 1.95 bits per heavy atom. The smallest absolute Gasteiger partial charge is 0.471 e.